The topological polar surface area (TPSA) is 81.4 Å². The van der Waals surface area contributed by atoms with Gasteiger partial charge >= 0.3 is 0 Å². The van der Waals surface area contributed by atoms with Gasteiger partial charge in [0.15, 0.2) is 6.61 Å². The van der Waals surface area contributed by atoms with E-state index in [-0.39, 0.29) is 12.5 Å². The molecule has 2 aromatic carbocycles. The quantitative estimate of drug-likeness (QED) is 0.569. The molecule has 0 bridgehead atoms. The number of carbonyl (C=O) groups is 2. The van der Waals surface area contributed by atoms with Crippen LogP contribution < -0.4 is 15.8 Å². The number of amides is 2. The van der Waals surface area contributed by atoms with Crippen molar-refractivity contribution in [3.05, 3.63) is 59.7 Å². The second kappa shape index (κ2) is 8.98. The number of nitrogens with one attached hydrogen (secondary N) is 1. The number of primary amides is 1. The van der Waals surface area contributed by atoms with Crippen LogP contribution in [0.25, 0.3) is 0 Å². The van der Waals surface area contributed by atoms with Crippen molar-refractivity contribution in [2.45, 2.75) is 11.8 Å². The minimum Gasteiger partial charge on any atom is -0.484 e. The van der Waals surface area contributed by atoms with E-state index in [1.807, 2.05) is 0 Å². The van der Waals surface area contributed by atoms with Gasteiger partial charge < -0.3 is 15.8 Å². The highest BCUT2D eigenvalue weighted by atomic mass is 32.2. The van der Waals surface area contributed by atoms with E-state index in [0.29, 0.717) is 17.9 Å². The first-order valence-corrected chi connectivity index (χ1v) is 8.52. The maximum Gasteiger partial charge on any atom is 0.255 e. The van der Waals surface area contributed by atoms with E-state index >= 15 is 0 Å². The molecule has 0 spiro atoms. The van der Waals surface area contributed by atoms with Crippen LogP contribution in [0.15, 0.2) is 53.4 Å². The molecule has 24 heavy (non-hydrogen) atoms. The van der Waals surface area contributed by atoms with Crippen molar-refractivity contribution in [2.24, 2.45) is 5.73 Å². The molecule has 0 aliphatic carbocycles. The molecule has 2 rings (SSSR count). The maximum absolute atomic E-state index is 12.1. The molecular weight excluding hydrogens is 324 g/mol. The van der Waals surface area contributed by atoms with E-state index < -0.39 is 5.91 Å². The van der Waals surface area contributed by atoms with E-state index in [0.717, 1.165) is 5.75 Å². The zero-order valence-electron chi connectivity index (χ0n) is 13.5. The Balaban J connectivity index is 1.78. The third-order valence-corrected chi connectivity index (χ3v) is 4.17. The van der Waals surface area contributed by atoms with Gasteiger partial charge in [0.05, 0.1) is 0 Å². The number of hydrogen-bond acceptors (Lipinski definition) is 4. The number of carbonyl (C=O) groups excluding carboxylic acids is 2. The van der Waals surface area contributed by atoms with Crippen molar-refractivity contribution in [3.63, 3.8) is 0 Å². The minimum absolute atomic E-state index is 0.177. The highest BCUT2D eigenvalue weighted by Crippen LogP contribution is 2.17. The molecule has 2 amide bonds. The van der Waals surface area contributed by atoms with Gasteiger partial charge in [-0.15, -0.1) is 11.8 Å². The number of hydrogen-bond donors (Lipinski definition) is 2. The molecule has 0 heterocycles. The van der Waals surface area contributed by atoms with Crippen LogP contribution >= 0.6 is 11.8 Å². The highest BCUT2D eigenvalue weighted by Gasteiger charge is 2.07. The molecule has 0 saturated carbocycles. The molecule has 0 atom stereocenters. The summed E-state index contributed by atoms with van der Waals surface area (Å²) >= 11 is 1.69. The average Bonchev–Trinajstić information content (AvgIpc) is 2.58. The van der Waals surface area contributed by atoms with Crippen molar-refractivity contribution in [1.29, 1.82) is 0 Å². The zero-order chi connectivity index (χ0) is 17.4. The molecule has 2 aromatic rings. The fraction of sp³-hybridized carbons (Fsp3) is 0.222. The van der Waals surface area contributed by atoms with Gasteiger partial charge in [-0.2, -0.15) is 0 Å². The summed E-state index contributed by atoms with van der Waals surface area (Å²) < 4.78 is 5.19. The summed E-state index contributed by atoms with van der Waals surface area (Å²) in [6, 6.07) is 14.9. The molecule has 126 valence electrons. The van der Waals surface area contributed by atoms with Gasteiger partial charge in [0, 0.05) is 22.8 Å². The van der Waals surface area contributed by atoms with Crippen LogP contribution in [0.4, 0.5) is 0 Å². The van der Waals surface area contributed by atoms with Crippen molar-refractivity contribution in [2.75, 3.05) is 18.9 Å². The maximum atomic E-state index is 12.1. The van der Waals surface area contributed by atoms with Gasteiger partial charge in [-0.1, -0.05) is 23.8 Å². The van der Waals surface area contributed by atoms with Gasteiger partial charge in [0.25, 0.3) is 11.8 Å². The number of aryl methyl sites for hydroxylation is 1. The molecule has 6 heteroatoms. The van der Waals surface area contributed by atoms with E-state index in [2.05, 4.69) is 36.5 Å². The van der Waals surface area contributed by atoms with Crippen molar-refractivity contribution in [3.8, 4) is 5.75 Å². The van der Waals surface area contributed by atoms with Crippen molar-refractivity contribution < 1.29 is 14.3 Å². The molecule has 0 aliphatic rings. The molecule has 0 radical (unpaired) electrons. The first-order valence-electron chi connectivity index (χ1n) is 7.53. The SMILES string of the molecule is Cc1ccc(SCCNC(=O)c2cccc(OCC(N)=O)c2)cc1. The monoisotopic (exact) mass is 344 g/mol. The Morgan fingerprint density at radius 1 is 1.17 bits per heavy atom. The molecule has 0 unspecified atom stereocenters. The average molecular weight is 344 g/mol. The van der Waals surface area contributed by atoms with Gasteiger partial charge in [0.2, 0.25) is 0 Å². The lowest BCUT2D eigenvalue weighted by Crippen LogP contribution is -2.25. The zero-order valence-corrected chi connectivity index (χ0v) is 14.3. The standard InChI is InChI=1S/C18H20N2O3S/c1-13-5-7-16(8-6-13)24-10-9-20-18(22)14-3-2-4-15(11-14)23-12-17(19)21/h2-8,11H,9-10,12H2,1H3,(H2,19,21)(H,20,22). The first kappa shape index (κ1) is 17.9. The predicted octanol–water partition coefficient (Wildman–Crippen LogP) is 2.38. The molecule has 5 nitrogen and oxygen atoms in total. The van der Waals surface area contributed by atoms with Gasteiger partial charge in [-0.25, -0.2) is 0 Å². The smallest absolute Gasteiger partial charge is 0.255 e. The first-order chi connectivity index (χ1) is 11.5. The summed E-state index contributed by atoms with van der Waals surface area (Å²) in [5.74, 6) is 0.490. The van der Waals surface area contributed by atoms with Crippen LogP contribution in [0.1, 0.15) is 15.9 Å². The second-order valence-corrected chi connectivity index (χ2v) is 6.37. The van der Waals surface area contributed by atoms with Crippen molar-refractivity contribution >= 4 is 23.6 Å². The largest absolute Gasteiger partial charge is 0.484 e. The lowest BCUT2D eigenvalue weighted by molar-refractivity contribution is -0.119. The van der Waals surface area contributed by atoms with Crippen LogP contribution in [0, 0.1) is 6.92 Å². The van der Waals surface area contributed by atoms with E-state index in [1.165, 1.54) is 10.5 Å². The Labute approximate surface area is 145 Å². The number of thioether (sulfide) groups is 1. The van der Waals surface area contributed by atoms with Crippen LogP contribution in [0.3, 0.4) is 0 Å². The summed E-state index contributed by atoms with van der Waals surface area (Å²) in [4.78, 5) is 24.0. The number of ether oxygens (including phenoxy) is 1. The van der Waals surface area contributed by atoms with E-state index in [1.54, 1.807) is 36.0 Å². The minimum atomic E-state index is -0.557. The lowest BCUT2D eigenvalue weighted by Gasteiger charge is -2.08. The van der Waals surface area contributed by atoms with Crippen LogP contribution in [-0.2, 0) is 4.79 Å². The van der Waals surface area contributed by atoms with Crippen LogP contribution in [-0.4, -0.2) is 30.7 Å². The molecule has 0 saturated heterocycles. The van der Waals surface area contributed by atoms with Gasteiger partial charge in [-0.05, 0) is 37.3 Å². The second-order valence-electron chi connectivity index (χ2n) is 5.20. The summed E-state index contributed by atoms with van der Waals surface area (Å²) in [6.45, 7) is 2.40. The summed E-state index contributed by atoms with van der Waals surface area (Å²) in [7, 11) is 0. The molecule has 0 fully saturated rings. The summed E-state index contributed by atoms with van der Waals surface area (Å²) in [5.41, 5.74) is 6.74. The molecule has 3 N–H and O–H groups in total. The fourth-order valence-electron chi connectivity index (χ4n) is 1.95. The Kier molecular flexibility index (Phi) is 6.69. The van der Waals surface area contributed by atoms with Crippen molar-refractivity contribution in [1.82, 2.24) is 5.32 Å². The molecule has 0 aliphatic heterocycles. The number of benzene rings is 2. The normalized spacial score (nSPS) is 10.2. The van der Waals surface area contributed by atoms with Crippen LogP contribution in [0.5, 0.6) is 5.75 Å². The lowest BCUT2D eigenvalue weighted by atomic mass is 10.2. The van der Waals surface area contributed by atoms with Crippen LogP contribution in [0.2, 0.25) is 0 Å². The Hall–Kier alpha value is -2.47. The molecule has 0 aromatic heterocycles. The summed E-state index contributed by atoms with van der Waals surface area (Å²) in [6.07, 6.45) is 0. The number of nitrogens with two attached hydrogens (primary N) is 1. The Morgan fingerprint density at radius 3 is 2.62 bits per heavy atom. The fourth-order valence-corrected chi connectivity index (χ4v) is 2.72. The van der Waals surface area contributed by atoms with Gasteiger partial charge in [-0.3, -0.25) is 9.59 Å². The molecular formula is C18H20N2O3S. The third kappa shape index (κ3) is 5.96. The Morgan fingerprint density at radius 2 is 1.92 bits per heavy atom. The van der Waals surface area contributed by atoms with Gasteiger partial charge in [0.1, 0.15) is 5.75 Å². The van der Waals surface area contributed by atoms with E-state index in [9.17, 15) is 9.59 Å². The van der Waals surface area contributed by atoms with E-state index in [4.69, 9.17) is 10.5 Å². The Bertz CT molecular complexity index is 702. The third-order valence-electron chi connectivity index (χ3n) is 3.15. The predicted molar refractivity (Wildman–Crippen MR) is 95.4 cm³/mol. The number of rotatable bonds is 8. The summed E-state index contributed by atoms with van der Waals surface area (Å²) in [5, 5.41) is 2.87. The highest BCUT2D eigenvalue weighted by molar-refractivity contribution is 7.99.